The molecule has 23 heavy (non-hydrogen) atoms. The normalized spacial score (nSPS) is 24.6. The van der Waals surface area contributed by atoms with Crippen LogP contribution in [0.25, 0.3) is 0 Å². The minimum atomic E-state index is 0.164. The van der Waals surface area contributed by atoms with Crippen LogP contribution >= 0.6 is 0 Å². The van der Waals surface area contributed by atoms with Crippen LogP contribution in [0.2, 0.25) is 0 Å². The number of amides is 1. The summed E-state index contributed by atoms with van der Waals surface area (Å²) in [6.07, 6.45) is 5.13. The van der Waals surface area contributed by atoms with Gasteiger partial charge in [0, 0.05) is 18.9 Å². The van der Waals surface area contributed by atoms with Crippen molar-refractivity contribution in [3.05, 3.63) is 29.3 Å². The van der Waals surface area contributed by atoms with Crippen LogP contribution in [0.3, 0.4) is 0 Å². The minimum absolute atomic E-state index is 0.164. The highest BCUT2D eigenvalue weighted by Gasteiger charge is 2.20. The lowest BCUT2D eigenvalue weighted by Crippen LogP contribution is -2.38. The van der Waals surface area contributed by atoms with Gasteiger partial charge in [0.15, 0.2) is 0 Å². The van der Waals surface area contributed by atoms with Crippen LogP contribution in [-0.2, 0) is 17.6 Å². The van der Waals surface area contributed by atoms with E-state index >= 15 is 0 Å². The van der Waals surface area contributed by atoms with Crippen LogP contribution in [-0.4, -0.2) is 31.1 Å². The van der Waals surface area contributed by atoms with Gasteiger partial charge in [-0.15, -0.1) is 0 Å². The van der Waals surface area contributed by atoms with Crippen LogP contribution in [0, 0.1) is 5.92 Å². The quantitative estimate of drug-likeness (QED) is 0.877. The molecule has 1 saturated heterocycles. The number of hydrogen-bond donors (Lipinski definition) is 2. The molecule has 2 aliphatic heterocycles. The van der Waals surface area contributed by atoms with Crippen molar-refractivity contribution in [2.75, 3.05) is 13.1 Å². The lowest BCUT2D eigenvalue weighted by atomic mass is 9.95. The van der Waals surface area contributed by atoms with Crippen molar-refractivity contribution in [2.45, 2.75) is 58.1 Å². The molecule has 2 N–H and O–H groups in total. The summed E-state index contributed by atoms with van der Waals surface area (Å²) in [7, 11) is 0. The van der Waals surface area contributed by atoms with E-state index < -0.39 is 0 Å². The fraction of sp³-hybridized carbons (Fsp3) is 0.632. The van der Waals surface area contributed by atoms with Crippen molar-refractivity contribution < 1.29 is 9.53 Å². The summed E-state index contributed by atoms with van der Waals surface area (Å²) in [5.41, 5.74) is 2.57. The van der Waals surface area contributed by atoms with Crippen LogP contribution in [0.4, 0.5) is 0 Å². The van der Waals surface area contributed by atoms with Crippen LogP contribution in [0.1, 0.15) is 44.2 Å². The number of hydrogen-bond acceptors (Lipinski definition) is 3. The Labute approximate surface area is 139 Å². The number of fused-ring (bicyclic) bond motifs is 1. The summed E-state index contributed by atoms with van der Waals surface area (Å²) < 4.78 is 5.74. The van der Waals surface area contributed by atoms with E-state index in [9.17, 15) is 4.79 Å². The van der Waals surface area contributed by atoms with Crippen LogP contribution in [0.5, 0.6) is 5.75 Å². The van der Waals surface area contributed by atoms with Crippen molar-refractivity contribution in [3.8, 4) is 5.75 Å². The number of carbonyl (C=O) groups is 1. The van der Waals surface area contributed by atoms with Gasteiger partial charge in [-0.1, -0.05) is 12.1 Å². The smallest absolute Gasteiger partial charge is 0.220 e. The van der Waals surface area contributed by atoms with E-state index in [-0.39, 0.29) is 18.1 Å². The largest absolute Gasteiger partial charge is 0.490 e. The van der Waals surface area contributed by atoms with Gasteiger partial charge in [-0.05, 0) is 69.3 Å². The lowest BCUT2D eigenvalue weighted by molar-refractivity contribution is -0.122. The molecule has 126 valence electrons. The third kappa shape index (κ3) is 4.47. The Kier molecular flexibility index (Phi) is 5.21. The maximum Gasteiger partial charge on any atom is 0.220 e. The summed E-state index contributed by atoms with van der Waals surface area (Å²) >= 11 is 0. The standard InChI is InChI=1S/C19H28N2O2/c1-13(21-19(22)11-16-4-3-7-20-12-16)8-15-5-6-18-17(10-15)9-14(2)23-18/h5-6,10,13-14,16,20H,3-4,7-9,11-12H2,1-2H3,(H,21,22)/t13-,14?,16?/m1/s1. The number of benzene rings is 1. The monoisotopic (exact) mass is 316 g/mol. The molecule has 0 saturated carbocycles. The van der Waals surface area contributed by atoms with Crippen molar-refractivity contribution >= 4 is 5.91 Å². The van der Waals surface area contributed by atoms with Crippen molar-refractivity contribution in [2.24, 2.45) is 5.92 Å². The minimum Gasteiger partial charge on any atom is -0.490 e. The van der Waals surface area contributed by atoms with Gasteiger partial charge in [0.05, 0.1) is 0 Å². The molecular formula is C19H28N2O2. The Morgan fingerprint density at radius 1 is 1.48 bits per heavy atom. The number of rotatable bonds is 5. The molecule has 2 aliphatic rings. The summed E-state index contributed by atoms with van der Waals surface area (Å²) in [6, 6.07) is 6.57. The van der Waals surface area contributed by atoms with Gasteiger partial charge in [0.25, 0.3) is 0 Å². The zero-order valence-corrected chi connectivity index (χ0v) is 14.2. The molecule has 0 spiro atoms. The van der Waals surface area contributed by atoms with Gasteiger partial charge in [-0.25, -0.2) is 0 Å². The highest BCUT2D eigenvalue weighted by atomic mass is 16.5. The first-order valence-corrected chi connectivity index (χ1v) is 8.88. The lowest BCUT2D eigenvalue weighted by Gasteiger charge is -2.23. The molecule has 1 aromatic rings. The maximum atomic E-state index is 12.2. The fourth-order valence-corrected chi connectivity index (χ4v) is 3.70. The van der Waals surface area contributed by atoms with Gasteiger partial charge >= 0.3 is 0 Å². The van der Waals surface area contributed by atoms with Gasteiger partial charge in [0.1, 0.15) is 11.9 Å². The molecule has 1 aromatic carbocycles. The Bertz CT molecular complexity index is 552. The van der Waals surface area contributed by atoms with E-state index in [4.69, 9.17) is 4.74 Å². The van der Waals surface area contributed by atoms with E-state index in [0.29, 0.717) is 12.3 Å². The van der Waals surface area contributed by atoms with Crippen LogP contribution in [0.15, 0.2) is 18.2 Å². The predicted molar refractivity (Wildman–Crippen MR) is 91.8 cm³/mol. The van der Waals surface area contributed by atoms with Crippen LogP contribution < -0.4 is 15.4 Å². The number of ether oxygens (including phenoxy) is 1. The van der Waals surface area contributed by atoms with E-state index in [2.05, 4.69) is 42.7 Å². The summed E-state index contributed by atoms with van der Waals surface area (Å²) in [4.78, 5) is 12.2. The molecule has 0 aliphatic carbocycles. The SMILES string of the molecule is CC1Cc2cc(C[C@@H](C)NC(=O)CC3CCCNC3)ccc2O1. The highest BCUT2D eigenvalue weighted by Crippen LogP contribution is 2.29. The Balaban J connectivity index is 1.48. The molecule has 2 unspecified atom stereocenters. The molecule has 4 nitrogen and oxygen atoms in total. The Morgan fingerprint density at radius 2 is 2.35 bits per heavy atom. The Hall–Kier alpha value is -1.55. The third-order valence-corrected chi connectivity index (χ3v) is 4.78. The zero-order chi connectivity index (χ0) is 16.2. The molecule has 4 heteroatoms. The van der Waals surface area contributed by atoms with E-state index in [1.165, 1.54) is 17.5 Å². The molecule has 2 heterocycles. The molecular weight excluding hydrogens is 288 g/mol. The van der Waals surface area contributed by atoms with Gasteiger partial charge in [-0.3, -0.25) is 4.79 Å². The first kappa shape index (κ1) is 16.3. The van der Waals surface area contributed by atoms with E-state index in [0.717, 1.165) is 38.1 Å². The highest BCUT2D eigenvalue weighted by molar-refractivity contribution is 5.76. The summed E-state index contributed by atoms with van der Waals surface area (Å²) in [6.45, 7) is 6.26. The number of piperidine rings is 1. The van der Waals surface area contributed by atoms with Crippen molar-refractivity contribution in [1.29, 1.82) is 0 Å². The molecule has 1 fully saturated rings. The number of nitrogens with one attached hydrogen (secondary N) is 2. The van der Waals surface area contributed by atoms with E-state index in [1.807, 2.05) is 0 Å². The van der Waals surface area contributed by atoms with Crippen molar-refractivity contribution in [1.82, 2.24) is 10.6 Å². The fourth-order valence-electron chi connectivity index (χ4n) is 3.70. The molecule has 3 atom stereocenters. The second kappa shape index (κ2) is 7.35. The van der Waals surface area contributed by atoms with Gasteiger partial charge in [-0.2, -0.15) is 0 Å². The number of carbonyl (C=O) groups excluding carboxylic acids is 1. The Morgan fingerprint density at radius 3 is 3.13 bits per heavy atom. The van der Waals surface area contributed by atoms with E-state index in [1.54, 1.807) is 0 Å². The molecule has 1 amide bonds. The summed E-state index contributed by atoms with van der Waals surface area (Å²) in [5, 5.41) is 6.52. The third-order valence-electron chi connectivity index (χ3n) is 4.78. The molecule has 0 bridgehead atoms. The first-order chi connectivity index (χ1) is 11.1. The average molecular weight is 316 g/mol. The van der Waals surface area contributed by atoms with Crippen molar-refractivity contribution in [3.63, 3.8) is 0 Å². The zero-order valence-electron chi connectivity index (χ0n) is 14.2. The molecule has 0 radical (unpaired) electrons. The summed E-state index contributed by atoms with van der Waals surface area (Å²) in [5.74, 6) is 1.70. The predicted octanol–water partition coefficient (Wildman–Crippen LogP) is 2.45. The van der Waals surface area contributed by atoms with Gasteiger partial charge < -0.3 is 15.4 Å². The molecule has 3 rings (SSSR count). The average Bonchev–Trinajstić information content (AvgIpc) is 2.87. The van der Waals surface area contributed by atoms with Gasteiger partial charge in [0.2, 0.25) is 5.91 Å². The molecule has 0 aromatic heterocycles. The topological polar surface area (TPSA) is 50.4 Å². The maximum absolute atomic E-state index is 12.2. The first-order valence-electron chi connectivity index (χ1n) is 8.88. The second-order valence-electron chi connectivity index (χ2n) is 7.16. The second-order valence-corrected chi connectivity index (χ2v) is 7.16.